The van der Waals surface area contributed by atoms with Crippen molar-refractivity contribution in [1.29, 1.82) is 0 Å². The van der Waals surface area contributed by atoms with Gasteiger partial charge in [-0.2, -0.15) is 18.3 Å². The van der Waals surface area contributed by atoms with E-state index in [2.05, 4.69) is 5.10 Å². The summed E-state index contributed by atoms with van der Waals surface area (Å²) in [6.45, 7) is 0. The number of rotatable bonds is 4. The minimum absolute atomic E-state index is 0.0302. The van der Waals surface area contributed by atoms with Gasteiger partial charge >= 0.3 is 6.18 Å². The van der Waals surface area contributed by atoms with Crippen LogP contribution in [-0.4, -0.2) is 15.6 Å². The Kier molecular flexibility index (Phi) is 4.11. The molecule has 0 aliphatic carbocycles. The molecule has 0 amide bonds. The second-order valence-electron chi connectivity index (χ2n) is 4.56. The van der Waals surface area contributed by atoms with E-state index in [-0.39, 0.29) is 12.0 Å². The summed E-state index contributed by atoms with van der Waals surface area (Å²) in [6, 6.07) is 4.01. The van der Waals surface area contributed by atoms with E-state index in [0.717, 1.165) is 11.8 Å². The molecule has 0 N–H and O–H groups in total. The molecular formula is C14H12F4N2O. The molecule has 0 aliphatic heterocycles. The molecule has 0 unspecified atom stereocenters. The highest BCUT2D eigenvalue weighted by Gasteiger charge is 2.34. The molecule has 0 aliphatic rings. The Labute approximate surface area is 118 Å². The van der Waals surface area contributed by atoms with Gasteiger partial charge in [0.1, 0.15) is 5.82 Å². The minimum atomic E-state index is -4.82. The normalized spacial score (nSPS) is 11.7. The Bertz CT molecular complexity index is 661. The first-order valence-electron chi connectivity index (χ1n) is 6.16. The van der Waals surface area contributed by atoms with Crippen LogP contribution in [0.1, 0.15) is 28.0 Å². The summed E-state index contributed by atoms with van der Waals surface area (Å²) in [6.07, 6.45) is -2.86. The largest absolute Gasteiger partial charge is 0.419 e. The summed E-state index contributed by atoms with van der Waals surface area (Å²) in [5.41, 5.74) is -0.777. The third kappa shape index (κ3) is 3.48. The molecule has 2 aromatic rings. The van der Waals surface area contributed by atoms with E-state index >= 15 is 0 Å². The van der Waals surface area contributed by atoms with Gasteiger partial charge in [0, 0.05) is 30.9 Å². The molecule has 1 heterocycles. The molecule has 0 spiro atoms. The Morgan fingerprint density at radius 2 is 2.00 bits per heavy atom. The fourth-order valence-corrected chi connectivity index (χ4v) is 1.95. The molecule has 7 heteroatoms. The number of halogens is 4. The quantitative estimate of drug-likeness (QED) is 0.641. The van der Waals surface area contributed by atoms with Crippen molar-refractivity contribution in [2.75, 3.05) is 0 Å². The van der Waals surface area contributed by atoms with Crippen LogP contribution in [0.4, 0.5) is 17.6 Å². The van der Waals surface area contributed by atoms with Crippen molar-refractivity contribution in [2.24, 2.45) is 7.05 Å². The number of carbonyl (C=O) groups is 1. The number of hydrogen-bond donors (Lipinski definition) is 0. The van der Waals surface area contributed by atoms with Gasteiger partial charge in [-0.05, 0) is 30.7 Å². The van der Waals surface area contributed by atoms with E-state index in [1.54, 1.807) is 24.0 Å². The van der Waals surface area contributed by atoms with E-state index < -0.39 is 23.3 Å². The van der Waals surface area contributed by atoms with Crippen molar-refractivity contribution in [3.63, 3.8) is 0 Å². The lowest BCUT2D eigenvalue weighted by atomic mass is 10.0. The zero-order valence-electron chi connectivity index (χ0n) is 11.1. The molecule has 112 valence electrons. The van der Waals surface area contributed by atoms with Crippen LogP contribution < -0.4 is 0 Å². The molecule has 1 aromatic carbocycles. The zero-order chi connectivity index (χ0) is 15.6. The third-order valence-corrected chi connectivity index (χ3v) is 3.12. The molecule has 1 aromatic heterocycles. The first-order chi connectivity index (χ1) is 9.79. The van der Waals surface area contributed by atoms with Gasteiger partial charge in [0.05, 0.1) is 5.56 Å². The van der Waals surface area contributed by atoms with Crippen molar-refractivity contribution in [1.82, 2.24) is 9.78 Å². The van der Waals surface area contributed by atoms with Crippen LogP contribution in [0.2, 0.25) is 0 Å². The van der Waals surface area contributed by atoms with Crippen molar-refractivity contribution < 1.29 is 22.4 Å². The van der Waals surface area contributed by atoms with Gasteiger partial charge in [-0.25, -0.2) is 4.39 Å². The summed E-state index contributed by atoms with van der Waals surface area (Å²) in [5, 5.41) is 3.93. The molecule has 0 saturated carbocycles. The van der Waals surface area contributed by atoms with E-state index in [4.69, 9.17) is 0 Å². The second-order valence-corrected chi connectivity index (χ2v) is 4.56. The lowest BCUT2D eigenvalue weighted by Gasteiger charge is -2.09. The van der Waals surface area contributed by atoms with Gasteiger partial charge in [-0.3, -0.25) is 9.48 Å². The first-order valence-corrected chi connectivity index (χ1v) is 6.16. The summed E-state index contributed by atoms with van der Waals surface area (Å²) in [4.78, 5) is 11.9. The number of benzene rings is 1. The van der Waals surface area contributed by atoms with Crippen molar-refractivity contribution >= 4 is 5.78 Å². The minimum Gasteiger partial charge on any atom is -0.294 e. The highest BCUT2D eigenvalue weighted by molar-refractivity contribution is 5.96. The maximum Gasteiger partial charge on any atom is 0.419 e. The molecule has 0 radical (unpaired) electrons. The van der Waals surface area contributed by atoms with Gasteiger partial charge < -0.3 is 0 Å². The third-order valence-electron chi connectivity index (χ3n) is 3.12. The molecule has 21 heavy (non-hydrogen) atoms. The SMILES string of the molecule is Cn1nccc1CCC(=O)c1ccc(F)c(C(F)(F)F)c1. The highest BCUT2D eigenvalue weighted by Crippen LogP contribution is 2.32. The van der Waals surface area contributed by atoms with Crippen LogP contribution in [0.5, 0.6) is 0 Å². The van der Waals surface area contributed by atoms with Crippen LogP contribution in [-0.2, 0) is 19.6 Å². The van der Waals surface area contributed by atoms with Gasteiger partial charge in [-0.1, -0.05) is 0 Å². The highest BCUT2D eigenvalue weighted by atomic mass is 19.4. The predicted molar refractivity (Wildman–Crippen MR) is 67.3 cm³/mol. The van der Waals surface area contributed by atoms with Crippen LogP contribution in [0.3, 0.4) is 0 Å². The van der Waals surface area contributed by atoms with Gasteiger partial charge in [0.25, 0.3) is 0 Å². The van der Waals surface area contributed by atoms with Gasteiger partial charge in [0.2, 0.25) is 0 Å². The molecule has 0 atom stereocenters. The Morgan fingerprint density at radius 1 is 1.29 bits per heavy atom. The Morgan fingerprint density at radius 3 is 2.57 bits per heavy atom. The fraction of sp³-hybridized carbons (Fsp3) is 0.286. The van der Waals surface area contributed by atoms with Crippen LogP contribution in [0, 0.1) is 5.82 Å². The zero-order valence-corrected chi connectivity index (χ0v) is 11.1. The maximum atomic E-state index is 13.1. The lowest BCUT2D eigenvalue weighted by molar-refractivity contribution is -0.140. The number of aromatic nitrogens is 2. The number of aryl methyl sites for hydroxylation is 2. The van der Waals surface area contributed by atoms with Gasteiger partial charge in [-0.15, -0.1) is 0 Å². The molecular weight excluding hydrogens is 288 g/mol. The fourth-order valence-electron chi connectivity index (χ4n) is 1.95. The molecule has 0 saturated heterocycles. The first kappa shape index (κ1) is 15.2. The molecule has 0 bridgehead atoms. The van der Waals surface area contributed by atoms with Crippen molar-refractivity contribution in [3.05, 3.63) is 53.1 Å². The number of Topliss-reactive ketones (excluding diaryl/α,β-unsaturated/α-hetero) is 1. The summed E-state index contributed by atoms with van der Waals surface area (Å²) in [5.74, 6) is -1.85. The smallest absolute Gasteiger partial charge is 0.294 e. The van der Waals surface area contributed by atoms with E-state index in [1.165, 1.54) is 0 Å². The summed E-state index contributed by atoms with van der Waals surface area (Å²) in [7, 11) is 1.71. The lowest BCUT2D eigenvalue weighted by Crippen LogP contribution is -2.11. The van der Waals surface area contributed by atoms with E-state index in [9.17, 15) is 22.4 Å². The van der Waals surface area contributed by atoms with Gasteiger partial charge in [0.15, 0.2) is 5.78 Å². The summed E-state index contributed by atoms with van der Waals surface area (Å²) < 4.78 is 52.5. The Hall–Kier alpha value is -2.18. The number of hydrogen-bond acceptors (Lipinski definition) is 2. The van der Waals surface area contributed by atoms with Crippen LogP contribution in [0.15, 0.2) is 30.5 Å². The Balaban J connectivity index is 2.15. The molecule has 2 rings (SSSR count). The average molecular weight is 300 g/mol. The molecule has 3 nitrogen and oxygen atoms in total. The van der Waals surface area contributed by atoms with Crippen molar-refractivity contribution in [2.45, 2.75) is 19.0 Å². The predicted octanol–water partition coefficient (Wildman–Crippen LogP) is 3.39. The maximum absolute atomic E-state index is 13.1. The number of ketones is 1. The second kappa shape index (κ2) is 5.67. The number of alkyl halides is 3. The number of carbonyl (C=O) groups excluding carboxylic acids is 1. The molecule has 0 fully saturated rings. The van der Waals surface area contributed by atoms with E-state index in [1.807, 2.05) is 0 Å². The van der Waals surface area contributed by atoms with Crippen molar-refractivity contribution in [3.8, 4) is 0 Å². The van der Waals surface area contributed by atoms with E-state index in [0.29, 0.717) is 18.6 Å². The summed E-state index contributed by atoms with van der Waals surface area (Å²) >= 11 is 0. The average Bonchev–Trinajstić information content (AvgIpc) is 2.80. The monoisotopic (exact) mass is 300 g/mol. The van der Waals surface area contributed by atoms with Crippen LogP contribution in [0.25, 0.3) is 0 Å². The standard InChI is InChI=1S/C14H12F4N2O/c1-20-10(6-7-19-20)3-5-13(21)9-2-4-12(15)11(8-9)14(16,17)18/h2,4,6-8H,3,5H2,1H3. The van der Waals surface area contributed by atoms with Crippen LogP contribution >= 0.6 is 0 Å². The topological polar surface area (TPSA) is 34.9 Å². The number of nitrogens with zero attached hydrogens (tertiary/aromatic N) is 2.